The summed E-state index contributed by atoms with van der Waals surface area (Å²) in [4.78, 5) is 15.7. The van der Waals surface area contributed by atoms with E-state index in [1.54, 1.807) is 12.4 Å². The molecule has 3 nitrogen and oxygen atoms in total. The molecule has 0 aliphatic heterocycles. The number of pyridine rings is 1. The summed E-state index contributed by atoms with van der Waals surface area (Å²) in [5.41, 5.74) is 2.04. The summed E-state index contributed by atoms with van der Waals surface area (Å²) in [7, 11) is 0. The largest absolute Gasteiger partial charge is 0.355 e. The smallest absolute Gasteiger partial charge is 0.224 e. The molecule has 0 saturated carbocycles. The monoisotopic (exact) mass is 274 g/mol. The molecule has 0 radical (unpaired) electrons. The topological polar surface area (TPSA) is 42.0 Å². The Bertz CT molecular complexity index is 543. The van der Waals surface area contributed by atoms with Crippen LogP contribution in [0.5, 0.6) is 0 Å². The van der Waals surface area contributed by atoms with Gasteiger partial charge in [0.1, 0.15) is 0 Å². The third kappa shape index (κ3) is 4.72. The number of amides is 1. The molecule has 0 atom stereocenters. The maximum atomic E-state index is 11.7. The highest BCUT2D eigenvalue weighted by molar-refractivity contribution is 6.30. The molecule has 2 rings (SSSR count). The van der Waals surface area contributed by atoms with Crippen molar-refractivity contribution in [1.82, 2.24) is 10.3 Å². The van der Waals surface area contributed by atoms with Gasteiger partial charge >= 0.3 is 0 Å². The van der Waals surface area contributed by atoms with E-state index in [2.05, 4.69) is 10.3 Å². The molecular formula is C15H15ClN2O. The molecule has 4 heteroatoms. The maximum absolute atomic E-state index is 11.7. The van der Waals surface area contributed by atoms with Gasteiger partial charge in [-0.3, -0.25) is 9.78 Å². The summed E-state index contributed by atoms with van der Waals surface area (Å²) in [6.07, 6.45) is 4.54. The van der Waals surface area contributed by atoms with Crippen molar-refractivity contribution in [3.8, 4) is 0 Å². The van der Waals surface area contributed by atoms with Gasteiger partial charge in [0.15, 0.2) is 0 Å². The zero-order valence-corrected chi connectivity index (χ0v) is 11.2. The number of hydrogen-bond acceptors (Lipinski definition) is 2. The van der Waals surface area contributed by atoms with Crippen molar-refractivity contribution in [2.24, 2.45) is 0 Å². The lowest BCUT2D eigenvalue weighted by atomic mass is 10.1. The molecule has 19 heavy (non-hydrogen) atoms. The lowest BCUT2D eigenvalue weighted by Gasteiger charge is -2.05. The van der Waals surface area contributed by atoms with Crippen molar-refractivity contribution in [2.75, 3.05) is 6.54 Å². The van der Waals surface area contributed by atoms with E-state index in [-0.39, 0.29) is 5.91 Å². The van der Waals surface area contributed by atoms with Crippen LogP contribution in [0.3, 0.4) is 0 Å². The lowest BCUT2D eigenvalue weighted by molar-refractivity contribution is -0.120. The number of nitrogens with one attached hydrogen (secondary N) is 1. The SMILES string of the molecule is O=C(Cc1cccnc1)NCCc1cccc(Cl)c1. The number of carbonyl (C=O) groups excluding carboxylic acids is 1. The van der Waals surface area contributed by atoms with Gasteiger partial charge in [-0.1, -0.05) is 29.8 Å². The number of rotatable bonds is 5. The third-order valence-corrected chi connectivity index (χ3v) is 2.95. The molecule has 2 aromatic rings. The van der Waals surface area contributed by atoms with E-state index in [0.29, 0.717) is 13.0 Å². The minimum atomic E-state index is 0.00929. The molecule has 0 saturated heterocycles. The highest BCUT2D eigenvalue weighted by atomic mass is 35.5. The van der Waals surface area contributed by atoms with Crippen LogP contribution in [-0.2, 0) is 17.6 Å². The van der Waals surface area contributed by atoms with Crippen LogP contribution in [0.25, 0.3) is 0 Å². The Morgan fingerprint density at radius 2 is 2.05 bits per heavy atom. The zero-order valence-electron chi connectivity index (χ0n) is 10.5. The van der Waals surface area contributed by atoms with Crippen LogP contribution in [0.15, 0.2) is 48.8 Å². The standard InChI is InChI=1S/C15H15ClN2O/c16-14-5-1-3-12(9-14)6-8-18-15(19)10-13-4-2-7-17-11-13/h1-5,7,9,11H,6,8,10H2,(H,18,19). The van der Waals surface area contributed by atoms with Gasteiger partial charge in [0.05, 0.1) is 6.42 Å². The van der Waals surface area contributed by atoms with E-state index >= 15 is 0 Å². The second-order valence-corrected chi connectivity index (χ2v) is 4.70. The molecule has 0 fully saturated rings. The highest BCUT2D eigenvalue weighted by Gasteiger charge is 2.02. The summed E-state index contributed by atoms with van der Waals surface area (Å²) in [5.74, 6) is 0.00929. The van der Waals surface area contributed by atoms with Crippen molar-refractivity contribution < 1.29 is 4.79 Å². The first-order chi connectivity index (χ1) is 9.24. The first-order valence-electron chi connectivity index (χ1n) is 6.14. The molecule has 1 amide bonds. The molecular weight excluding hydrogens is 260 g/mol. The van der Waals surface area contributed by atoms with Gasteiger partial charge in [-0.25, -0.2) is 0 Å². The Labute approximate surface area is 117 Å². The van der Waals surface area contributed by atoms with E-state index in [0.717, 1.165) is 22.6 Å². The number of halogens is 1. The maximum Gasteiger partial charge on any atom is 0.224 e. The van der Waals surface area contributed by atoms with Gasteiger partial charge in [-0.2, -0.15) is 0 Å². The Balaban J connectivity index is 1.75. The van der Waals surface area contributed by atoms with Crippen molar-refractivity contribution >= 4 is 17.5 Å². The van der Waals surface area contributed by atoms with E-state index in [4.69, 9.17) is 11.6 Å². The number of hydrogen-bond donors (Lipinski definition) is 1. The summed E-state index contributed by atoms with van der Waals surface area (Å²) in [6, 6.07) is 11.4. The van der Waals surface area contributed by atoms with E-state index < -0.39 is 0 Å². The summed E-state index contributed by atoms with van der Waals surface area (Å²) >= 11 is 5.90. The second-order valence-electron chi connectivity index (χ2n) is 4.27. The molecule has 1 aromatic heterocycles. The zero-order chi connectivity index (χ0) is 13.5. The van der Waals surface area contributed by atoms with Crippen LogP contribution < -0.4 is 5.32 Å². The molecule has 0 unspecified atom stereocenters. The van der Waals surface area contributed by atoms with E-state index in [1.165, 1.54) is 0 Å². The normalized spacial score (nSPS) is 10.2. The van der Waals surface area contributed by atoms with Crippen LogP contribution >= 0.6 is 11.6 Å². The van der Waals surface area contributed by atoms with Gasteiger partial charge in [0, 0.05) is 24.0 Å². The highest BCUT2D eigenvalue weighted by Crippen LogP contribution is 2.10. The van der Waals surface area contributed by atoms with Gasteiger partial charge in [-0.15, -0.1) is 0 Å². The molecule has 1 aromatic carbocycles. The van der Waals surface area contributed by atoms with Gasteiger partial charge in [-0.05, 0) is 35.7 Å². The molecule has 0 aliphatic rings. The van der Waals surface area contributed by atoms with Gasteiger partial charge in [0.25, 0.3) is 0 Å². The fraction of sp³-hybridized carbons (Fsp3) is 0.200. The predicted molar refractivity (Wildman–Crippen MR) is 76.1 cm³/mol. The predicted octanol–water partition coefficient (Wildman–Crippen LogP) is 2.64. The average molecular weight is 275 g/mol. The Morgan fingerprint density at radius 3 is 2.79 bits per heavy atom. The lowest BCUT2D eigenvalue weighted by Crippen LogP contribution is -2.27. The number of aromatic nitrogens is 1. The van der Waals surface area contributed by atoms with Crippen LogP contribution in [0.4, 0.5) is 0 Å². The summed E-state index contributed by atoms with van der Waals surface area (Å²) in [5, 5.41) is 3.61. The molecule has 0 spiro atoms. The van der Waals surface area contributed by atoms with Crippen molar-refractivity contribution in [1.29, 1.82) is 0 Å². The average Bonchev–Trinajstić information content (AvgIpc) is 2.40. The van der Waals surface area contributed by atoms with Crippen molar-refractivity contribution in [3.63, 3.8) is 0 Å². The number of benzene rings is 1. The van der Waals surface area contributed by atoms with Crippen LogP contribution in [-0.4, -0.2) is 17.4 Å². The first kappa shape index (κ1) is 13.6. The Kier molecular flexibility index (Phi) is 4.93. The molecule has 0 aliphatic carbocycles. The van der Waals surface area contributed by atoms with Crippen molar-refractivity contribution in [3.05, 3.63) is 64.9 Å². The Morgan fingerprint density at radius 1 is 1.21 bits per heavy atom. The molecule has 1 heterocycles. The first-order valence-corrected chi connectivity index (χ1v) is 6.52. The van der Waals surface area contributed by atoms with E-state index in [1.807, 2.05) is 36.4 Å². The fourth-order valence-corrected chi connectivity index (χ4v) is 2.00. The van der Waals surface area contributed by atoms with E-state index in [9.17, 15) is 4.79 Å². The third-order valence-electron chi connectivity index (χ3n) is 2.71. The minimum Gasteiger partial charge on any atom is -0.355 e. The molecule has 0 bridgehead atoms. The van der Waals surface area contributed by atoms with Gasteiger partial charge < -0.3 is 5.32 Å². The van der Waals surface area contributed by atoms with Crippen LogP contribution in [0.2, 0.25) is 5.02 Å². The summed E-state index contributed by atoms with van der Waals surface area (Å²) in [6.45, 7) is 0.611. The van der Waals surface area contributed by atoms with Gasteiger partial charge in [0.2, 0.25) is 5.91 Å². The molecule has 1 N–H and O–H groups in total. The number of nitrogens with zero attached hydrogens (tertiary/aromatic N) is 1. The molecule has 98 valence electrons. The fourth-order valence-electron chi connectivity index (χ4n) is 1.79. The summed E-state index contributed by atoms with van der Waals surface area (Å²) < 4.78 is 0. The second kappa shape index (κ2) is 6.90. The number of carbonyl (C=O) groups is 1. The van der Waals surface area contributed by atoms with Crippen LogP contribution in [0.1, 0.15) is 11.1 Å². The van der Waals surface area contributed by atoms with Crippen LogP contribution in [0, 0.1) is 0 Å². The minimum absolute atomic E-state index is 0.00929. The Hall–Kier alpha value is -1.87. The van der Waals surface area contributed by atoms with Crippen molar-refractivity contribution in [2.45, 2.75) is 12.8 Å². The quantitative estimate of drug-likeness (QED) is 0.911.